The van der Waals surface area contributed by atoms with Crippen molar-refractivity contribution >= 4 is 23.7 Å². The molecule has 14 heteroatoms. The zero-order valence-electron chi connectivity index (χ0n) is 15.1. The highest BCUT2D eigenvalue weighted by Gasteiger charge is 2.38. The van der Waals surface area contributed by atoms with Gasteiger partial charge in [-0.2, -0.15) is 26.3 Å². The Balaban J connectivity index is 4.05. The first-order valence-corrected chi connectivity index (χ1v) is 8.47. The topological polar surface area (TPSA) is 125 Å². The fourth-order valence-electron chi connectivity index (χ4n) is 2.01. The van der Waals surface area contributed by atoms with Crippen LogP contribution < -0.4 is 16.0 Å². The Labute approximate surface area is 161 Å². The molecule has 0 radical (unpaired) electrons. The molecule has 1 atom stereocenters. The summed E-state index contributed by atoms with van der Waals surface area (Å²) in [6.07, 6.45) is -9.96. The number of carboxylic acids is 1. The standard InChI is InChI=1S/C15H21F6N3O5/c16-14(17,18)12(28)22-7-3-1-5-9(11(26)27)24-10(25)6-2-4-8-23-13(29)15(19,20)21/h9H,1-8H2,(H,22,28)(H,23,29)(H,24,25)(H,26,27). The molecule has 0 aromatic rings. The fourth-order valence-corrected chi connectivity index (χ4v) is 2.01. The summed E-state index contributed by atoms with van der Waals surface area (Å²) in [4.78, 5) is 43.9. The fraction of sp³-hybridized carbons (Fsp3) is 0.733. The Morgan fingerprint density at radius 3 is 1.62 bits per heavy atom. The minimum atomic E-state index is -5.01. The molecule has 4 N–H and O–H groups in total. The number of alkyl halides is 6. The van der Waals surface area contributed by atoms with E-state index in [0.717, 1.165) is 0 Å². The van der Waals surface area contributed by atoms with Crippen molar-refractivity contribution in [1.82, 2.24) is 16.0 Å². The normalized spacial score (nSPS) is 12.8. The molecule has 0 rings (SSSR count). The van der Waals surface area contributed by atoms with E-state index in [0.29, 0.717) is 0 Å². The molecule has 0 heterocycles. The first-order valence-electron chi connectivity index (χ1n) is 8.47. The van der Waals surface area contributed by atoms with Gasteiger partial charge in [0.15, 0.2) is 0 Å². The number of carbonyl (C=O) groups is 4. The Morgan fingerprint density at radius 1 is 0.759 bits per heavy atom. The number of amides is 3. The van der Waals surface area contributed by atoms with E-state index >= 15 is 0 Å². The van der Waals surface area contributed by atoms with Gasteiger partial charge in [-0.05, 0) is 32.1 Å². The van der Waals surface area contributed by atoms with Gasteiger partial charge in [-0.1, -0.05) is 0 Å². The van der Waals surface area contributed by atoms with Crippen LogP contribution in [0.1, 0.15) is 38.5 Å². The van der Waals surface area contributed by atoms with E-state index in [1.165, 1.54) is 0 Å². The lowest BCUT2D eigenvalue weighted by Gasteiger charge is -2.15. The van der Waals surface area contributed by atoms with Crippen LogP contribution in [0.3, 0.4) is 0 Å². The number of rotatable bonds is 12. The zero-order valence-corrected chi connectivity index (χ0v) is 15.1. The van der Waals surface area contributed by atoms with Crippen LogP contribution in [0.15, 0.2) is 0 Å². The van der Waals surface area contributed by atoms with Gasteiger partial charge in [0.2, 0.25) is 5.91 Å². The number of nitrogens with one attached hydrogen (secondary N) is 3. The van der Waals surface area contributed by atoms with Crippen molar-refractivity contribution in [3.8, 4) is 0 Å². The number of halogens is 6. The molecule has 0 fully saturated rings. The molecule has 0 spiro atoms. The molecule has 0 aromatic heterocycles. The van der Waals surface area contributed by atoms with Crippen molar-refractivity contribution < 1.29 is 50.6 Å². The van der Waals surface area contributed by atoms with E-state index in [9.17, 15) is 45.5 Å². The Morgan fingerprint density at radius 2 is 1.21 bits per heavy atom. The SMILES string of the molecule is O=C(CCCCNC(=O)C(F)(F)F)NC(CCCCNC(=O)C(F)(F)F)C(=O)O. The maximum absolute atomic E-state index is 12.0. The van der Waals surface area contributed by atoms with Gasteiger partial charge in [0.25, 0.3) is 0 Å². The van der Waals surface area contributed by atoms with Crippen molar-refractivity contribution in [2.24, 2.45) is 0 Å². The van der Waals surface area contributed by atoms with Crippen molar-refractivity contribution in [3.05, 3.63) is 0 Å². The highest BCUT2D eigenvalue weighted by molar-refractivity contribution is 5.83. The molecule has 1 unspecified atom stereocenters. The Bertz CT molecular complexity index is 580. The van der Waals surface area contributed by atoms with Crippen LogP contribution >= 0.6 is 0 Å². The highest BCUT2D eigenvalue weighted by Crippen LogP contribution is 2.14. The van der Waals surface area contributed by atoms with Crippen LogP contribution in [0, 0.1) is 0 Å². The molecule has 0 aliphatic rings. The van der Waals surface area contributed by atoms with Gasteiger partial charge in [0.05, 0.1) is 0 Å². The number of carboxylic acid groups (broad SMARTS) is 1. The average molecular weight is 437 g/mol. The molecule has 168 valence electrons. The minimum absolute atomic E-state index is 0.0559. The van der Waals surface area contributed by atoms with Gasteiger partial charge >= 0.3 is 30.1 Å². The van der Waals surface area contributed by atoms with Gasteiger partial charge in [0, 0.05) is 19.5 Å². The van der Waals surface area contributed by atoms with Crippen LogP contribution in [0.2, 0.25) is 0 Å². The molecular weight excluding hydrogens is 416 g/mol. The van der Waals surface area contributed by atoms with Crippen LogP contribution in [-0.4, -0.2) is 60.3 Å². The number of aliphatic carboxylic acids is 1. The van der Waals surface area contributed by atoms with E-state index < -0.39 is 42.1 Å². The zero-order chi connectivity index (χ0) is 22.7. The third-order valence-corrected chi connectivity index (χ3v) is 3.47. The van der Waals surface area contributed by atoms with E-state index in [1.807, 2.05) is 0 Å². The Kier molecular flexibility index (Phi) is 11.1. The van der Waals surface area contributed by atoms with Gasteiger partial charge in [0.1, 0.15) is 6.04 Å². The third kappa shape index (κ3) is 12.5. The van der Waals surface area contributed by atoms with E-state index in [2.05, 4.69) is 5.32 Å². The molecule has 0 bridgehead atoms. The molecule has 0 saturated carbocycles. The molecule has 0 aliphatic heterocycles. The van der Waals surface area contributed by atoms with Crippen LogP contribution in [0.5, 0.6) is 0 Å². The second kappa shape index (κ2) is 12.1. The van der Waals surface area contributed by atoms with Crippen LogP contribution in [0.4, 0.5) is 26.3 Å². The molecule has 0 aromatic carbocycles. The maximum Gasteiger partial charge on any atom is 0.471 e. The Hall–Kier alpha value is -2.54. The van der Waals surface area contributed by atoms with E-state index in [-0.39, 0.29) is 51.6 Å². The molecule has 8 nitrogen and oxygen atoms in total. The quantitative estimate of drug-likeness (QED) is 0.270. The van der Waals surface area contributed by atoms with Crippen molar-refractivity contribution in [1.29, 1.82) is 0 Å². The van der Waals surface area contributed by atoms with Gasteiger partial charge in [-0.15, -0.1) is 0 Å². The van der Waals surface area contributed by atoms with E-state index in [4.69, 9.17) is 5.11 Å². The minimum Gasteiger partial charge on any atom is -0.480 e. The van der Waals surface area contributed by atoms with Crippen LogP contribution in [0.25, 0.3) is 0 Å². The third-order valence-electron chi connectivity index (χ3n) is 3.47. The predicted molar refractivity (Wildman–Crippen MR) is 85.4 cm³/mol. The number of unbranched alkanes of at least 4 members (excludes halogenated alkanes) is 2. The van der Waals surface area contributed by atoms with Gasteiger partial charge in [-0.25, -0.2) is 4.79 Å². The maximum atomic E-state index is 12.0. The second-order valence-electron chi connectivity index (χ2n) is 5.92. The van der Waals surface area contributed by atoms with Crippen molar-refractivity contribution in [2.75, 3.05) is 13.1 Å². The second-order valence-corrected chi connectivity index (χ2v) is 5.92. The monoisotopic (exact) mass is 437 g/mol. The summed E-state index contributed by atoms with van der Waals surface area (Å²) in [7, 11) is 0. The van der Waals surface area contributed by atoms with Crippen LogP contribution in [-0.2, 0) is 19.2 Å². The lowest BCUT2D eigenvalue weighted by molar-refractivity contribution is -0.173. The van der Waals surface area contributed by atoms with Crippen molar-refractivity contribution in [2.45, 2.75) is 56.9 Å². The van der Waals surface area contributed by atoms with E-state index in [1.54, 1.807) is 10.6 Å². The lowest BCUT2D eigenvalue weighted by Crippen LogP contribution is -2.41. The number of carbonyl (C=O) groups excluding carboxylic acids is 3. The summed E-state index contributed by atoms with van der Waals surface area (Å²) in [6.45, 7) is -0.625. The smallest absolute Gasteiger partial charge is 0.471 e. The molecular formula is C15H21F6N3O5. The molecule has 0 aliphatic carbocycles. The summed E-state index contributed by atoms with van der Waals surface area (Å²) in [5.74, 6) is -6.24. The number of hydrogen-bond acceptors (Lipinski definition) is 4. The molecule has 0 saturated heterocycles. The lowest BCUT2D eigenvalue weighted by atomic mass is 10.1. The number of hydrogen-bond donors (Lipinski definition) is 4. The summed E-state index contributed by atoms with van der Waals surface area (Å²) in [6, 6.07) is -1.30. The average Bonchev–Trinajstić information content (AvgIpc) is 2.57. The largest absolute Gasteiger partial charge is 0.480 e. The highest BCUT2D eigenvalue weighted by atomic mass is 19.4. The van der Waals surface area contributed by atoms with Gasteiger partial charge in [-0.3, -0.25) is 14.4 Å². The predicted octanol–water partition coefficient (Wildman–Crippen LogP) is 1.25. The summed E-state index contributed by atoms with van der Waals surface area (Å²) >= 11 is 0. The first-order chi connectivity index (χ1) is 13.2. The summed E-state index contributed by atoms with van der Waals surface area (Å²) in [5.41, 5.74) is 0. The molecule has 3 amide bonds. The summed E-state index contributed by atoms with van der Waals surface area (Å²) < 4.78 is 71.7. The molecule has 29 heavy (non-hydrogen) atoms. The summed E-state index contributed by atoms with van der Waals surface area (Å²) in [5, 5.41) is 14.5. The first kappa shape index (κ1) is 26.5. The van der Waals surface area contributed by atoms with Gasteiger partial charge < -0.3 is 21.1 Å². The van der Waals surface area contributed by atoms with Crippen molar-refractivity contribution in [3.63, 3.8) is 0 Å².